The first-order valence-corrected chi connectivity index (χ1v) is 4.53. The highest BCUT2D eigenvalue weighted by atomic mass is 32.1. The summed E-state index contributed by atoms with van der Waals surface area (Å²) in [5, 5.41) is 2.98. The Morgan fingerprint density at radius 2 is 2.09 bits per heavy atom. The first-order valence-electron chi connectivity index (χ1n) is 3.67. The molecule has 0 radical (unpaired) electrons. The van der Waals surface area contributed by atoms with Gasteiger partial charge in [-0.25, -0.2) is 0 Å². The van der Waals surface area contributed by atoms with E-state index in [0.717, 1.165) is 24.2 Å². The molecule has 11 heavy (non-hydrogen) atoms. The Morgan fingerprint density at radius 1 is 1.45 bits per heavy atom. The van der Waals surface area contributed by atoms with E-state index < -0.39 is 0 Å². The molecule has 0 atom stereocenters. The highest BCUT2D eigenvalue weighted by Gasteiger charge is 2.09. The number of nitrogens with one attached hydrogen (secondary N) is 1. The number of nitrogens with two attached hydrogens (primary N) is 1. The van der Waals surface area contributed by atoms with Gasteiger partial charge in [0.15, 0.2) is 0 Å². The van der Waals surface area contributed by atoms with Crippen LogP contribution in [0.5, 0.6) is 0 Å². The summed E-state index contributed by atoms with van der Waals surface area (Å²) in [6, 6.07) is 0. The molecular weight excluding hydrogens is 176 g/mol. The van der Waals surface area contributed by atoms with Crippen molar-refractivity contribution in [3.8, 4) is 0 Å². The van der Waals surface area contributed by atoms with Gasteiger partial charge in [0.1, 0.15) is 4.32 Å². The maximum absolute atomic E-state index is 5.75. The van der Waals surface area contributed by atoms with Crippen molar-refractivity contribution in [2.45, 2.75) is 25.7 Å². The van der Waals surface area contributed by atoms with Crippen molar-refractivity contribution in [3.05, 3.63) is 11.4 Å². The summed E-state index contributed by atoms with van der Waals surface area (Å²) >= 11 is 8.77. The Labute approximate surface area is 77.6 Å². The van der Waals surface area contributed by atoms with E-state index in [2.05, 4.69) is 17.9 Å². The lowest BCUT2D eigenvalue weighted by Crippen LogP contribution is -2.22. The van der Waals surface area contributed by atoms with E-state index in [9.17, 15) is 0 Å². The lowest BCUT2D eigenvalue weighted by Gasteiger charge is -2.17. The van der Waals surface area contributed by atoms with Gasteiger partial charge in [-0.2, -0.15) is 0 Å². The summed E-state index contributed by atoms with van der Waals surface area (Å²) < 4.78 is 0.504. The Morgan fingerprint density at radius 3 is 2.64 bits per heavy atom. The van der Waals surface area contributed by atoms with Crippen LogP contribution in [-0.4, -0.2) is 4.32 Å². The van der Waals surface area contributed by atoms with Crippen LogP contribution in [0, 0.1) is 0 Å². The maximum Gasteiger partial charge on any atom is 0.134 e. The molecule has 1 rings (SSSR count). The Bertz CT molecular complexity index is 199. The van der Waals surface area contributed by atoms with E-state index in [4.69, 9.17) is 18.0 Å². The number of thiocarbonyl (C=S) groups is 1. The van der Waals surface area contributed by atoms with Crippen molar-refractivity contribution in [1.82, 2.24) is 5.32 Å². The first-order chi connectivity index (χ1) is 5.20. The van der Waals surface area contributed by atoms with Crippen LogP contribution in [0.25, 0.3) is 0 Å². The molecule has 0 heterocycles. The van der Waals surface area contributed by atoms with Gasteiger partial charge in [-0.3, -0.25) is 0 Å². The van der Waals surface area contributed by atoms with E-state index in [-0.39, 0.29) is 0 Å². The van der Waals surface area contributed by atoms with Crippen molar-refractivity contribution >= 4 is 29.2 Å². The summed E-state index contributed by atoms with van der Waals surface area (Å²) in [7, 11) is 0. The van der Waals surface area contributed by atoms with Gasteiger partial charge in [-0.05, 0) is 25.7 Å². The monoisotopic (exact) mass is 188 g/mol. The zero-order chi connectivity index (χ0) is 8.27. The van der Waals surface area contributed by atoms with Gasteiger partial charge in [0.2, 0.25) is 0 Å². The van der Waals surface area contributed by atoms with E-state index >= 15 is 0 Å². The molecule has 4 heteroatoms. The molecule has 0 aliphatic heterocycles. The fourth-order valence-corrected chi connectivity index (χ4v) is 1.46. The molecule has 0 aromatic heterocycles. The van der Waals surface area contributed by atoms with Gasteiger partial charge in [-0.15, -0.1) is 12.6 Å². The minimum Gasteiger partial charge on any atom is -0.401 e. The molecule has 0 saturated carbocycles. The summed E-state index contributed by atoms with van der Waals surface area (Å²) in [5.41, 5.74) is 7.75. The quantitative estimate of drug-likeness (QED) is 0.431. The Balaban J connectivity index is 2.59. The zero-order valence-electron chi connectivity index (χ0n) is 6.26. The van der Waals surface area contributed by atoms with Crippen LogP contribution in [0.1, 0.15) is 25.7 Å². The standard InChI is InChI=1S/C7H12N2S2/c8-5-3-1-2-4-6(5)9-7(10)11/h1-4,8H2,(H2,9,10,11). The second-order valence-corrected chi connectivity index (χ2v) is 3.80. The number of allylic oxidation sites excluding steroid dienone is 2. The van der Waals surface area contributed by atoms with Crippen molar-refractivity contribution in [2.75, 3.05) is 0 Å². The van der Waals surface area contributed by atoms with E-state index in [1.165, 1.54) is 12.8 Å². The molecule has 0 aromatic rings. The highest BCUT2D eigenvalue weighted by Crippen LogP contribution is 2.19. The minimum atomic E-state index is 0.504. The molecular formula is C7H12N2S2. The number of thiol groups is 1. The molecule has 0 spiro atoms. The summed E-state index contributed by atoms with van der Waals surface area (Å²) in [6.45, 7) is 0. The second-order valence-electron chi connectivity index (χ2n) is 2.64. The van der Waals surface area contributed by atoms with Gasteiger partial charge < -0.3 is 11.1 Å². The fraction of sp³-hybridized carbons (Fsp3) is 0.571. The fourth-order valence-electron chi connectivity index (χ4n) is 1.20. The van der Waals surface area contributed by atoms with Gasteiger partial charge in [0.25, 0.3) is 0 Å². The van der Waals surface area contributed by atoms with Crippen LogP contribution in [0.4, 0.5) is 0 Å². The lowest BCUT2D eigenvalue weighted by molar-refractivity contribution is 0.649. The van der Waals surface area contributed by atoms with Crippen LogP contribution in [0.3, 0.4) is 0 Å². The first kappa shape index (κ1) is 8.87. The predicted octanol–water partition coefficient (Wildman–Crippen LogP) is 1.54. The topological polar surface area (TPSA) is 38.0 Å². The van der Waals surface area contributed by atoms with Gasteiger partial charge in [0, 0.05) is 11.4 Å². The normalized spacial score (nSPS) is 18.3. The van der Waals surface area contributed by atoms with Crippen LogP contribution in [0.2, 0.25) is 0 Å². The summed E-state index contributed by atoms with van der Waals surface area (Å²) in [5.74, 6) is 0. The average molecular weight is 188 g/mol. The molecule has 0 bridgehead atoms. The highest BCUT2D eigenvalue weighted by molar-refractivity contribution is 8.11. The zero-order valence-corrected chi connectivity index (χ0v) is 7.97. The molecule has 0 amide bonds. The maximum atomic E-state index is 5.75. The largest absolute Gasteiger partial charge is 0.401 e. The summed E-state index contributed by atoms with van der Waals surface area (Å²) in [4.78, 5) is 0. The third kappa shape index (κ3) is 2.71. The molecule has 0 aromatic carbocycles. The van der Waals surface area contributed by atoms with Crippen LogP contribution in [-0.2, 0) is 0 Å². The average Bonchev–Trinajstić information content (AvgIpc) is 1.93. The van der Waals surface area contributed by atoms with Crippen molar-refractivity contribution < 1.29 is 0 Å². The predicted molar refractivity (Wildman–Crippen MR) is 54.4 cm³/mol. The molecule has 2 nitrogen and oxygen atoms in total. The van der Waals surface area contributed by atoms with E-state index in [0.29, 0.717) is 4.32 Å². The third-order valence-corrected chi connectivity index (χ3v) is 1.98. The Kier molecular flexibility index (Phi) is 3.20. The van der Waals surface area contributed by atoms with E-state index in [1.54, 1.807) is 0 Å². The molecule has 1 aliphatic rings. The smallest absolute Gasteiger partial charge is 0.134 e. The third-order valence-electron chi connectivity index (χ3n) is 1.77. The molecule has 1 aliphatic carbocycles. The number of hydrogen-bond acceptors (Lipinski definition) is 2. The van der Waals surface area contributed by atoms with Crippen LogP contribution < -0.4 is 11.1 Å². The molecule has 3 N–H and O–H groups in total. The minimum absolute atomic E-state index is 0.504. The molecule has 62 valence electrons. The van der Waals surface area contributed by atoms with Crippen LogP contribution >= 0.6 is 24.8 Å². The van der Waals surface area contributed by atoms with Crippen molar-refractivity contribution in [1.29, 1.82) is 0 Å². The van der Waals surface area contributed by atoms with Crippen molar-refractivity contribution in [2.24, 2.45) is 5.73 Å². The van der Waals surface area contributed by atoms with Gasteiger partial charge in [-0.1, -0.05) is 12.2 Å². The number of hydrogen-bond donors (Lipinski definition) is 3. The number of rotatable bonds is 1. The van der Waals surface area contributed by atoms with Crippen molar-refractivity contribution in [3.63, 3.8) is 0 Å². The van der Waals surface area contributed by atoms with Crippen LogP contribution in [0.15, 0.2) is 11.4 Å². The summed E-state index contributed by atoms with van der Waals surface area (Å²) in [6.07, 6.45) is 4.38. The lowest BCUT2D eigenvalue weighted by atomic mass is 10.0. The SMILES string of the molecule is NC1=C(NC(=S)S)CCCC1. The second kappa shape index (κ2) is 3.97. The van der Waals surface area contributed by atoms with Gasteiger partial charge >= 0.3 is 0 Å². The van der Waals surface area contributed by atoms with E-state index in [1.807, 2.05) is 0 Å². The Hall–Kier alpha value is -0.220. The molecule has 0 fully saturated rings. The molecule has 0 unspecified atom stereocenters. The van der Waals surface area contributed by atoms with Gasteiger partial charge in [0.05, 0.1) is 0 Å². The molecule has 0 saturated heterocycles.